The van der Waals surface area contributed by atoms with Crippen LogP contribution in [-0.2, 0) is 10.8 Å². The van der Waals surface area contributed by atoms with Crippen molar-refractivity contribution in [3.8, 4) is 11.3 Å². The highest BCUT2D eigenvalue weighted by Crippen LogP contribution is 2.31. The zero-order valence-corrected chi connectivity index (χ0v) is 12.9. The van der Waals surface area contributed by atoms with Crippen LogP contribution in [0.5, 0.6) is 0 Å². The van der Waals surface area contributed by atoms with Gasteiger partial charge in [0.2, 0.25) is 0 Å². The van der Waals surface area contributed by atoms with Crippen molar-refractivity contribution in [2.24, 2.45) is 0 Å². The topological polar surface area (TPSA) is 13.1 Å². The number of rotatable bonds is 1. The van der Waals surface area contributed by atoms with Crippen molar-refractivity contribution in [2.45, 2.75) is 52.4 Å². The standard InChI is InChI=1S/C18H24O/c1-17(2,3)14-9-7-13(8-10-14)15-11-12-16(19-15)18(4,5)6/h7-12H,1-6H3. The maximum absolute atomic E-state index is 5.96. The van der Waals surface area contributed by atoms with E-state index in [0.717, 1.165) is 17.1 Å². The predicted molar refractivity (Wildman–Crippen MR) is 81.5 cm³/mol. The Hall–Kier alpha value is -1.50. The fraction of sp³-hybridized carbons (Fsp3) is 0.444. The van der Waals surface area contributed by atoms with Gasteiger partial charge in [-0.1, -0.05) is 65.8 Å². The Labute approximate surface area is 116 Å². The van der Waals surface area contributed by atoms with Gasteiger partial charge >= 0.3 is 0 Å². The van der Waals surface area contributed by atoms with Crippen LogP contribution in [0.3, 0.4) is 0 Å². The van der Waals surface area contributed by atoms with Crippen molar-refractivity contribution < 1.29 is 4.42 Å². The van der Waals surface area contributed by atoms with Gasteiger partial charge < -0.3 is 4.42 Å². The van der Waals surface area contributed by atoms with Gasteiger partial charge in [0, 0.05) is 11.0 Å². The lowest BCUT2D eigenvalue weighted by molar-refractivity contribution is 0.417. The third-order valence-corrected chi connectivity index (χ3v) is 3.38. The molecule has 0 atom stereocenters. The summed E-state index contributed by atoms with van der Waals surface area (Å²) in [4.78, 5) is 0. The molecule has 1 aromatic heterocycles. The normalized spacial score (nSPS) is 12.7. The van der Waals surface area contributed by atoms with Crippen LogP contribution in [0.25, 0.3) is 11.3 Å². The van der Waals surface area contributed by atoms with E-state index in [9.17, 15) is 0 Å². The molecule has 0 aliphatic heterocycles. The molecule has 0 fully saturated rings. The minimum atomic E-state index is 0.0591. The molecule has 0 aliphatic carbocycles. The van der Waals surface area contributed by atoms with Crippen molar-refractivity contribution in [1.82, 2.24) is 0 Å². The molecule has 1 heterocycles. The van der Waals surface area contributed by atoms with Gasteiger partial charge in [0.1, 0.15) is 11.5 Å². The summed E-state index contributed by atoms with van der Waals surface area (Å²) in [5.41, 5.74) is 2.74. The third-order valence-electron chi connectivity index (χ3n) is 3.38. The molecule has 0 amide bonds. The van der Waals surface area contributed by atoms with Gasteiger partial charge in [0.05, 0.1) is 0 Å². The lowest BCUT2D eigenvalue weighted by Gasteiger charge is -2.19. The van der Waals surface area contributed by atoms with E-state index in [4.69, 9.17) is 4.42 Å². The van der Waals surface area contributed by atoms with Gasteiger partial charge in [-0.2, -0.15) is 0 Å². The van der Waals surface area contributed by atoms with E-state index in [-0.39, 0.29) is 10.8 Å². The van der Waals surface area contributed by atoms with Crippen molar-refractivity contribution in [2.75, 3.05) is 0 Å². The van der Waals surface area contributed by atoms with Crippen LogP contribution in [0, 0.1) is 0 Å². The summed E-state index contributed by atoms with van der Waals surface area (Å²) in [6.07, 6.45) is 0. The molecule has 0 saturated carbocycles. The van der Waals surface area contributed by atoms with Crippen LogP contribution in [0.2, 0.25) is 0 Å². The maximum Gasteiger partial charge on any atom is 0.134 e. The number of hydrogen-bond acceptors (Lipinski definition) is 1. The van der Waals surface area contributed by atoms with E-state index >= 15 is 0 Å². The van der Waals surface area contributed by atoms with Crippen LogP contribution in [-0.4, -0.2) is 0 Å². The minimum absolute atomic E-state index is 0.0591. The second kappa shape index (κ2) is 4.56. The van der Waals surface area contributed by atoms with Gasteiger partial charge in [-0.25, -0.2) is 0 Å². The van der Waals surface area contributed by atoms with Crippen LogP contribution in [0.1, 0.15) is 52.9 Å². The number of hydrogen-bond donors (Lipinski definition) is 0. The molecule has 19 heavy (non-hydrogen) atoms. The molecule has 1 aromatic carbocycles. The zero-order chi connectivity index (χ0) is 14.3. The van der Waals surface area contributed by atoms with E-state index < -0.39 is 0 Å². The zero-order valence-electron chi connectivity index (χ0n) is 12.9. The first-order chi connectivity index (χ1) is 8.68. The summed E-state index contributed by atoms with van der Waals surface area (Å²) >= 11 is 0. The van der Waals surface area contributed by atoms with E-state index in [2.05, 4.69) is 77.9 Å². The predicted octanol–water partition coefficient (Wildman–Crippen LogP) is 5.54. The molecular formula is C18H24O. The maximum atomic E-state index is 5.96. The summed E-state index contributed by atoms with van der Waals surface area (Å²) < 4.78 is 5.96. The Morgan fingerprint density at radius 1 is 0.684 bits per heavy atom. The SMILES string of the molecule is CC(C)(C)c1ccc(-c2ccc(C(C)(C)C)o2)cc1. The quantitative estimate of drug-likeness (QED) is 0.652. The molecule has 0 unspecified atom stereocenters. The Kier molecular flexibility index (Phi) is 3.34. The van der Waals surface area contributed by atoms with Crippen molar-refractivity contribution in [1.29, 1.82) is 0 Å². The molecular weight excluding hydrogens is 232 g/mol. The highest BCUT2D eigenvalue weighted by Gasteiger charge is 2.19. The molecule has 0 aliphatic rings. The Morgan fingerprint density at radius 2 is 1.26 bits per heavy atom. The van der Waals surface area contributed by atoms with E-state index in [1.54, 1.807) is 0 Å². The van der Waals surface area contributed by atoms with E-state index in [1.165, 1.54) is 5.56 Å². The average Bonchev–Trinajstić information content (AvgIpc) is 2.77. The van der Waals surface area contributed by atoms with Gasteiger partial charge in [-0.05, 0) is 23.1 Å². The second-order valence-electron chi connectivity index (χ2n) is 7.24. The molecule has 0 radical (unpaired) electrons. The van der Waals surface area contributed by atoms with Crippen LogP contribution in [0.15, 0.2) is 40.8 Å². The fourth-order valence-corrected chi connectivity index (χ4v) is 2.03. The largest absolute Gasteiger partial charge is 0.461 e. The van der Waals surface area contributed by atoms with Crippen LogP contribution >= 0.6 is 0 Å². The number of furan rings is 1. The Bertz CT molecular complexity index is 545. The highest BCUT2D eigenvalue weighted by atomic mass is 16.3. The van der Waals surface area contributed by atoms with E-state index in [1.807, 2.05) is 0 Å². The molecule has 1 heteroatoms. The fourth-order valence-electron chi connectivity index (χ4n) is 2.03. The lowest BCUT2D eigenvalue weighted by Crippen LogP contribution is -2.10. The third kappa shape index (κ3) is 3.09. The molecule has 2 aromatic rings. The van der Waals surface area contributed by atoms with Crippen molar-refractivity contribution in [3.05, 3.63) is 47.7 Å². The first-order valence-electron chi connectivity index (χ1n) is 6.89. The van der Waals surface area contributed by atoms with Crippen molar-refractivity contribution >= 4 is 0 Å². The minimum Gasteiger partial charge on any atom is -0.461 e. The molecule has 0 spiro atoms. The summed E-state index contributed by atoms with van der Waals surface area (Å²) in [7, 11) is 0. The van der Waals surface area contributed by atoms with Crippen LogP contribution in [0.4, 0.5) is 0 Å². The molecule has 0 bridgehead atoms. The second-order valence-corrected chi connectivity index (χ2v) is 7.24. The number of benzene rings is 1. The Balaban J connectivity index is 2.31. The summed E-state index contributed by atoms with van der Waals surface area (Å²) in [6.45, 7) is 13.2. The molecule has 2 rings (SSSR count). The lowest BCUT2D eigenvalue weighted by atomic mass is 9.86. The molecule has 1 nitrogen and oxygen atoms in total. The molecule has 0 N–H and O–H groups in total. The first kappa shape index (κ1) is 13.9. The summed E-state index contributed by atoms with van der Waals surface area (Å²) in [5, 5.41) is 0. The van der Waals surface area contributed by atoms with Crippen LogP contribution < -0.4 is 0 Å². The molecule has 0 saturated heterocycles. The highest BCUT2D eigenvalue weighted by molar-refractivity contribution is 5.58. The van der Waals surface area contributed by atoms with Gasteiger partial charge in [-0.3, -0.25) is 0 Å². The van der Waals surface area contributed by atoms with Gasteiger partial charge in [0.15, 0.2) is 0 Å². The monoisotopic (exact) mass is 256 g/mol. The Morgan fingerprint density at radius 3 is 1.68 bits per heavy atom. The summed E-state index contributed by atoms with van der Waals surface area (Å²) in [6, 6.07) is 12.8. The van der Waals surface area contributed by atoms with Gasteiger partial charge in [-0.15, -0.1) is 0 Å². The average molecular weight is 256 g/mol. The smallest absolute Gasteiger partial charge is 0.134 e. The first-order valence-corrected chi connectivity index (χ1v) is 6.89. The summed E-state index contributed by atoms with van der Waals surface area (Å²) in [5.74, 6) is 1.98. The van der Waals surface area contributed by atoms with E-state index in [0.29, 0.717) is 0 Å². The van der Waals surface area contributed by atoms with Gasteiger partial charge in [0.25, 0.3) is 0 Å². The van der Waals surface area contributed by atoms with Crippen molar-refractivity contribution in [3.63, 3.8) is 0 Å². The molecule has 102 valence electrons.